The van der Waals surface area contributed by atoms with E-state index in [1.807, 2.05) is 0 Å². The lowest BCUT2D eigenvalue weighted by Crippen LogP contribution is -2.46. The standard InChI is InChI=1S/C18H17F3N4O3S/c1-10-23-17(24-28-10)12-6-13-3-4-14(7-12)25(13)29(26,27)15-5-2-11(9-22)16(8-15)18(19,20)21/h2,5,8,12-14H,3-4,6-7H2,1H3. The Kier molecular flexibility index (Phi) is 4.66. The molecule has 0 amide bonds. The third kappa shape index (κ3) is 3.40. The normalized spacial score (nSPS) is 25.1. The lowest BCUT2D eigenvalue weighted by Gasteiger charge is -2.37. The second-order valence-electron chi connectivity index (χ2n) is 7.38. The molecule has 3 heterocycles. The highest BCUT2D eigenvalue weighted by Gasteiger charge is 2.48. The van der Waals surface area contributed by atoms with Crippen LogP contribution in [0, 0.1) is 18.3 Å². The van der Waals surface area contributed by atoms with E-state index in [-0.39, 0.29) is 18.0 Å². The molecule has 0 radical (unpaired) electrons. The molecule has 2 atom stereocenters. The van der Waals surface area contributed by atoms with Gasteiger partial charge in [-0.3, -0.25) is 0 Å². The number of hydrogen-bond donors (Lipinski definition) is 0. The van der Waals surface area contributed by atoms with E-state index in [9.17, 15) is 21.6 Å². The third-order valence-electron chi connectivity index (χ3n) is 5.57. The van der Waals surface area contributed by atoms with Crippen molar-refractivity contribution in [3.63, 3.8) is 0 Å². The van der Waals surface area contributed by atoms with Crippen molar-refractivity contribution < 1.29 is 26.1 Å². The third-order valence-corrected chi connectivity index (χ3v) is 7.57. The summed E-state index contributed by atoms with van der Waals surface area (Å²) in [6.07, 6.45) is -2.60. The van der Waals surface area contributed by atoms with Crippen molar-refractivity contribution in [3.8, 4) is 6.07 Å². The number of halogens is 3. The molecular formula is C18H17F3N4O3S. The van der Waals surface area contributed by atoms with Gasteiger partial charge in [0, 0.05) is 24.9 Å². The molecule has 1 aromatic carbocycles. The fourth-order valence-corrected chi connectivity index (χ4v) is 6.27. The van der Waals surface area contributed by atoms with Gasteiger partial charge in [-0.2, -0.15) is 27.7 Å². The molecule has 2 aliphatic rings. The largest absolute Gasteiger partial charge is 0.417 e. The van der Waals surface area contributed by atoms with Gasteiger partial charge in [0.05, 0.1) is 22.1 Å². The minimum absolute atomic E-state index is 0.0527. The van der Waals surface area contributed by atoms with Gasteiger partial charge in [0.2, 0.25) is 15.9 Å². The molecule has 1 aromatic heterocycles. The van der Waals surface area contributed by atoms with E-state index in [1.165, 1.54) is 10.4 Å². The van der Waals surface area contributed by atoms with Gasteiger partial charge in [-0.1, -0.05) is 5.16 Å². The quantitative estimate of drug-likeness (QED) is 0.746. The Morgan fingerprint density at radius 3 is 2.41 bits per heavy atom. The average molecular weight is 426 g/mol. The van der Waals surface area contributed by atoms with E-state index in [2.05, 4.69) is 10.1 Å². The van der Waals surface area contributed by atoms with Crippen molar-refractivity contribution in [1.29, 1.82) is 5.26 Å². The SMILES string of the molecule is Cc1nc(C2CC3CCC(C2)N3S(=O)(=O)c2ccc(C#N)c(C(F)(F)F)c2)no1. The molecule has 7 nitrogen and oxygen atoms in total. The number of hydrogen-bond acceptors (Lipinski definition) is 6. The van der Waals surface area contributed by atoms with Gasteiger partial charge in [-0.05, 0) is 43.9 Å². The molecule has 4 rings (SSSR count). The number of aryl methyl sites for hydroxylation is 1. The summed E-state index contributed by atoms with van der Waals surface area (Å²) in [5.41, 5.74) is -1.85. The van der Waals surface area contributed by atoms with Gasteiger partial charge in [0.1, 0.15) is 0 Å². The Morgan fingerprint density at radius 1 is 1.24 bits per heavy atom. The maximum absolute atomic E-state index is 13.3. The van der Waals surface area contributed by atoms with E-state index in [0.29, 0.717) is 43.5 Å². The van der Waals surface area contributed by atoms with Gasteiger partial charge in [-0.15, -0.1) is 0 Å². The Hall–Kier alpha value is -2.45. The van der Waals surface area contributed by atoms with Crippen molar-refractivity contribution in [2.24, 2.45) is 0 Å². The first-order valence-electron chi connectivity index (χ1n) is 9.06. The van der Waals surface area contributed by atoms with Crippen LogP contribution in [0.25, 0.3) is 0 Å². The molecule has 2 unspecified atom stereocenters. The summed E-state index contributed by atoms with van der Waals surface area (Å²) in [5, 5.41) is 12.9. The number of rotatable bonds is 3. The van der Waals surface area contributed by atoms with E-state index < -0.39 is 32.2 Å². The minimum atomic E-state index is -4.82. The lowest BCUT2D eigenvalue weighted by atomic mass is 9.92. The van der Waals surface area contributed by atoms with Crippen LogP contribution in [0.1, 0.15) is 54.4 Å². The number of nitrogens with zero attached hydrogens (tertiary/aromatic N) is 4. The van der Waals surface area contributed by atoms with Crippen molar-refractivity contribution in [3.05, 3.63) is 41.0 Å². The monoisotopic (exact) mass is 426 g/mol. The molecule has 29 heavy (non-hydrogen) atoms. The molecule has 0 spiro atoms. The summed E-state index contributed by atoms with van der Waals surface area (Å²) in [6.45, 7) is 1.67. The molecule has 2 aliphatic heterocycles. The Bertz CT molecular complexity index is 1080. The highest BCUT2D eigenvalue weighted by Crippen LogP contribution is 2.45. The summed E-state index contributed by atoms with van der Waals surface area (Å²) < 4.78 is 72.6. The first kappa shape index (κ1) is 19.8. The Labute approximate surface area is 165 Å². The molecule has 0 saturated carbocycles. The first-order chi connectivity index (χ1) is 13.6. The van der Waals surface area contributed by atoms with Crippen LogP contribution in [0.15, 0.2) is 27.6 Å². The van der Waals surface area contributed by atoms with Crippen LogP contribution < -0.4 is 0 Å². The highest BCUT2D eigenvalue weighted by molar-refractivity contribution is 7.89. The molecule has 2 bridgehead atoms. The van der Waals surface area contributed by atoms with Crippen LogP contribution in [0.3, 0.4) is 0 Å². The molecule has 2 aromatic rings. The van der Waals surface area contributed by atoms with Crippen LogP contribution in [-0.4, -0.2) is 34.9 Å². The molecule has 2 fully saturated rings. The summed E-state index contributed by atoms with van der Waals surface area (Å²) in [4.78, 5) is 3.78. The predicted molar refractivity (Wildman–Crippen MR) is 93.0 cm³/mol. The molecular weight excluding hydrogens is 409 g/mol. The van der Waals surface area contributed by atoms with Crippen molar-refractivity contribution >= 4 is 10.0 Å². The van der Waals surface area contributed by atoms with Crippen LogP contribution in [-0.2, 0) is 16.2 Å². The number of nitriles is 1. The fraction of sp³-hybridized carbons (Fsp3) is 0.500. The number of piperidine rings is 1. The summed E-state index contributed by atoms with van der Waals surface area (Å²) in [5.74, 6) is 0.914. The van der Waals surface area contributed by atoms with Gasteiger partial charge in [-0.25, -0.2) is 8.42 Å². The summed E-state index contributed by atoms with van der Waals surface area (Å²) in [7, 11) is -4.15. The van der Waals surface area contributed by atoms with E-state index in [0.717, 1.165) is 12.1 Å². The number of aromatic nitrogens is 2. The van der Waals surface area contributed by atoms with Crippen LogP contribution in [0.4, 0.5) is 13.2 Å². The smallest absolute Gasteiger partial charge is 0.340 e. The van der Waals surface area contributed by atoms with Gasteiger partial charge < -0.3 is 4.52 Å². The van der Waals surface area contributed by atoms with E-state index in [4.69, 9.17) is 9.78 Å². The van der Waals surface area contributed by atoms with Crippen molar-refractivity contribution in [1.82, 2.24) is 14.4 Å². The average Bonchev–Trinajstić information content (AvgIpc) is 3.21. The topological polar surface area (TPSA) is 100 Å². The zero-order valence-corrected chi connectivity index (χ0v) is 16.2. The van der Waals surface area contributed by atoms with E-state index >= 15 is 0 Å². The maximum Gasteiger partial charge on any atom is 0.417 e. The Morgan fingerprint density at radius 2 is 1.90 bits per heavy atom. The summed E-state index contributed by atoms with van der Waals surface area (Å²) >= 11 is 0. The van der Waals surface area contributed by atoms with Crippen LogP contribution in [0.5, 0.6) is 0 Å². The van der Waals surface area contributed by atoms with E-state index in [1.54, 1.807) is 6.92 Å². The number of alkyl halides is 3. The minimum Gasteiger partial charge on any atom is -0.340 e. The zero-order valence-electron chi connectivity index (χ0n) is 15.3. The lowest BCUT2D eigenvalue weighted by molar-refractivity contribution is -0.137. The molecule has 0 aliphatic carbocycles. The summed E-state index contributed by atoms with van der Waals surface area (Å²) in [6, 6.07) is 3.32. The second-order valence-corrected chi connectivity index (χ2v) is 9.22. The molecule has 2 saturated heterocycles. The Balaban J connectivity index is 1.66. The maximum atomic E-state index is 13.3. The van der Waals surface area contributed by atoms with Gasteiger partial charge in [0.25, 0.3) is 0 Å². The van der Waals surface area contributed by atoms with Crippen LogP contribution in [0.2, 0.25) is 0 Å². The second kappa shape index (κ2) is 6.81. The zero-order chi connectivity index (χ0) is 21.0. The number of fused-ring (bicyclic) bond motifs is 2. The number of benzene rings is 1. The van der Waals surface area contributed by atoms with Crippen molar-refractivity contribution in [2.75, 3.05) is 0 Å². The number of sulfonamides is 1. The van der Waals surface area contributed by atoms with Crippen LogP contribution >= 0.6 is 0 Å². The molecule has 11 heteroatoms. The first-order valence-corrected chi connectivity index (χ1v) is 10.5. The van der Waals surface area contributed by atoms with Gasteiger partial charge in [0.15, 0.2) is 5.82 Å². The molecule has 0 N–H and O–H groups in total. The molecule has 154 valence electrons. The highest BCUT2D eigenvalue weighted by atomic mass is 32.2. The predicted octanol–water partition coefficient (Wildman–Crippen LogP) is 3.37. The fourth-order valence-electron chi connectivity index (χ4n) is 4.36. The van der Waals surface area contributed by atoms with Crippen molar-refractivity contribution in [2.45, 2.75) is 61.7 Å². The van der Waals surface area contributed by atoms with Gasteiger partial charge >= 0.3 is 6.18 Å².